The Morgan fingerprint density at radius 2 is 1.91 bits per heavy atom. The highest BCUT2D eigenvalue weighted by Gasteiger charge is 2.49. The van der Waals surface area contributed by atoms with Crippen molar-refractivity contribution in [2.24, 2.45) is 0 Å². The highest BCUT2D eigenvalue weighted by atomic mass is 19.4. The predicted octanol–water partition coefficient (Wildman–Crippen LogP) is 3.63. The second-order valence-corrected chi connectivity index (χ2v) is 7.34. The molecule has 1 N–H and O–H groups in total. The van der Waals surface area contributed by atoms with Gasteiger partial charge in [0.2, 0.25) is 11.7 Å². The number of nitro groups is 1. The maximum absolute atomic E-state index is 13.0. The summed E-state index contributed by atoms with van der Waals surface area (Å²) in [6.45, 7) is 0.954. The first-order valence-corrected chi connectivity index (χ1v) is 9.38. The lowest BCUT2D eigenvalue weighted by Crippen LogP contribution is -2.40. The minimum atomic E-state index is -4.56. The number of nitro benzene ring substituents is 1. The summed E-state index contributed by atoms with van der Waals surface area (Å²) in [5.74, 6) is -1.05. The standard InChI is InChI=1S/C20H14F3N5O5/c1-19(12-5-3-7-14(9-12)28(31)32)17(29)27(18(30)25-19)10-15-24-16(26-33-15)11-4-2-6-13(8-11)20(21,22)23/h2-9H,10H2,1H3,(H,25,30). The maximum atomic E-state index is 13.0. The van der Waals surface area contributed by atoms with Gasteiger partial charge in [0.25, 0.3) is 11.6 Å². The molecule has 1 aliphatic rings. The molecule has 3 aromatic rings. The van der Waals surface area contributed by atoms with E-state index in [0.29, 0.717) is 0 Å². The Labute approximate surface area is 183 Å². The predicted molar refractivity (Wildman–Crippen MR) is 104 cm³/mol. The van der Waals surface area contributed by atoms with Crippen molar-refractivity contribution >= 4 is 17.6 Å². The molecule has 1 fully saturated rings. The number of carbonyl (C=O) groups excluding carboxylic acids is 2. The zero-order chi connectivity index (χ0) is 24.0. The molecule has 1 saturated heterocycles. The SMILES string of the molecule is CC1(c2cccc([N+](=O)[O-])c2)NC(=O)N(Cc2nc(-c3cccc(C(F)(F)F)c3)no2)C1=O. The summed E-state index contributed by atoms with van der Waals surface area (Å²) >= 11 is 0. The second-order valence-electron chi connectivity index (χ2n) is 7.34. The Hall–Kier alpha value is -4.29. The number of hydrogen-bond acceptors (Lipinski definition) is 7. The Kier molecular flexibility index (Phi) is 5.11. The first-order valence-electron chi connectivity index (χ1n) is 9.38. The molecule has 13 heteroatoms. The minimum absolute atomic E-state index is 0.0402. The number of rotatable bonds is 5. The zero-order valence-electron chi connectivity index (χ0n) is 16.8. The van der Waals surface area contributed by atoms with Gasteiger partial charge < -0.3 is 9.84 Å². The number of amides is 3. The molecule has 2 aromatic carbocycles. The summed E-state index contributed by atoms with van der Waals surface area (Å²) in [4.78, 5) is 40.7. The number of imide groups is 1. The van der Waals surface area contributed by atoms with Gasteiger partial charge in [-0.25, -0.2) is 4.79 Å². The van der Waals surface area contributed by atoms with Crippen LogP contribution in [0.15, 0.2) is 53.1 Å². The quantitative estimate of drug-likeness (QED) is 0.349. The Balaban J connectivity index is 1.57. The van der Waals surface area contributed by atoms with Gasteiger partial charge >= 0.3 is 12.2 Å². The van der Waals surface area contributed by atoms with Crippen molar-refractivity contribution in [3.63, 3.8) is 0 Å². The van der Waals surface area contributed by atoms with Crippen molar-refractivity contribution in [2.45, 2.75) is 25.2 Å². The van der Waals surface area contributed by atoms with Crippen LogP contribution in [-0.2, 0) is 23.1 Å². The number of halogens is 3. The third kappa shape index (κ3) is 4.00. The van der Waals surface area contributed by atoms with Crippen LogP contribution >= 0.6 is 0 Å². The summed E-state index contributed by atoms with van der Waals surface area (Å²) in [6.07, 6.45) is -4.56. The molecule has 170 valence electrons. The molecule has 10 nitrogen and oxygen atoms in total. The molecule has 0 radical (unpaired) electrons. The molecular formula is C20H14F3N5O5. The van der Waals surface area contributed by atoms with Crippen LogP contribution < -0.4 is 5.32 Å². The molecule has 1 aromatic heterocycles. The van der Waals surface area contributed by atoms with E-state index in [4.69, 9.17) is 4.52 Å². The summed E-state index contributed by atoms with van der Waals surface area (Å²) in [5, 5.41) is 17.2. The van der Waals surface area contributed by atoms with Gasteiger partial charge in [-0.15, -0.1) is 0 Å². The molecule has 2 heterocycles. The number of non-ortho nitro benzene ring substituents is 1. The van der Waals surface area contributed by atoms with E-state index in [1.165, 1.54) is 43.3 Å². The second kappa shape index (κ2) is 7.69. The molecule has 33 heavy (non-hydrogen) atoms. The van der Waals surface area contributed by atoms with Crippen LogP contribution in [0.5, 0.6) is 0 Å². The molecule has 4 rings (SSSR count). The largest absolute Gasteiger partial charge is 0.416 e. The van der Waals surface area contributed by atoms with E-state index in [0.717, 1.165) is 17.0 Å². The molecule has 3 amide bonds. The Bertz CT molecular complexity index is 1270. The number of benzene rings is 2. The van der Waals surface area contributed by atoms with Crippen molar-refractivity contribution in [3.8, 4) is 11.4 Å². The summed E-state index contributed by atoms with van der Waals surface area (Å²) in [6, 6.07) is 8.78. The number of alkyl halides is 3. The van der Waals surface area contributed by atoms with Crippen molar-refractivity contribution in [1.82, 2.24) is 20.4 Å². The monoisotopic (exact) mass is 461 g/mol. The number of nitrogens with one attached hydrogen (secondary N) is 1. The van der Waals surface area contributed by atoms with Gasteiger partial charge in [0, 0.05) is 17.7 Å². The van der Waals surface area contributed by atoms with Crippen molar-refractivity contribution in [1.29, 1.82) is 0 Å². The van der Waals surface area contributed by atoms with E-state index in [-0.39, 0.29) is 28.5 Å². The van der Waals surface area contributed by atoms with E-state index in [2.05, 4.69) is 15.5 Å². The normalized spacial score (nSPS) is 18.5. The minimum Gasteiger partial charge on any atom is -0.337 e. The lowest BCUT2D eigenvalue weighted by molar-refractivity contribution is -0.385. The molecule has 1 unspecified atom stereocenters. The van der Waals surface area contributed by atoms with Crippen LogP contribution in [0.2, 0.25) is 0 Å². The van der Waals surface area contributed by atoms with Gasteiger partial charge in [0.1, 0.15) is 12.1 Å². The van der Waals surface area contributed by atoms with Gasteiger partial charge in [-0.1, -0.05) is 29.4 Å². The lowest BCUT2D eigenvalue weighted by Gasteiger charge is -2.21. The molecule has 0 bridgehead atoms. The van der Waals surface area contributed by atoms with Crippen molar-refractivity contribution < 1.29 is 32.2 Å². The van der Waals surface area contributed by atoms with Gasteiger partial charge in [-0.05, 0) is 24.6 Å². The molecule has 0 aliphatic carbocycles. The molecular weight excluding hydrogens is 447 g/mol. The highest BCUT2D eigenvalue weighted by Crippen LogP contribution is 2.33. The lowest BCUT2D eigenvalue weighted by atomic mass is 9.91. The number of aromatic nitrogens is 2. The average molecular weight is 461 g/mol. The average Bonchev–Trinajstić information content (AvgIpc) is 3.33. The molecule has 0 saturated carbocycles. The zero-order valence-corrected chi connectivity index (χ0v) is 16.8. The van der Waals surface area contributed by atoms with E-state index in [9.17, 15) is 32.9 Å². The first kappa shape index (κ1) is 21.9. The van der Waals surface area contributed by atoms with Crippen LogP contribution in [0.3, 0.4) is 0 Å². The fourth-order valence-electron chi connectivity index (χ4n) is 3.37. The van der Waals surface area contributed by atoms with E-state index in [1.807, 2.05) is 0 Å². The topological polar surface area (TPSA) is 131 Å². The number of nitrogens with zero attached hydrogens (tertiary/aromatic N) is 4. The fraction of sp³-hybridized carbons (Fsp3) is 0.200. The third-order valence-electron chi connectivity index (χ3n) is 5.12. The number of urea groups is 1. The fourth-order valence-corrected chi connectivity index (χ4v) is 3.37. The van der Waals surface area contributed by atoms with Crippen LogP contribution in [0.4, 0.5) is 23.7 Å². The van der Waals surface area contributed by atoms with E-state index < -0.39 is 40.7 Å². The van der Waals surface area contributed by atoms with Gasteiger partial charge in [-0.3, -0.25) is 19.8 Å². The highest BCUT2D eigenvalue weighted by molar-refractivity contribution is 6.07. The van der Waals surface area contributed by atoms with E-state index in [1.54, 1.807) is 0 Å². The van der Waals surface area contributed by atoms with Crippen LogP contribution in [-0.4, -0.2) is 31.9 Å². The van der Waals surface area contributed by atoms with Gasteiger partial charge in [0.15, 0.2) is 0 Å². The van der Waals surface area contributed by atoms with Crippen molar-refractivity contribution in [3.05, 3.63) is 75.7 Å². The first-order chi connectivity index (χ1) is 15.5. The van der Waals surface area contributed by atoms with E-state index >= 15 is 0 Å². The molecule has 0 spiro atoms. The summed E-state index contributed by atoms with van der Waals surface area (Å²) in [5.41, 5.74) is -2.48. The maximum Gasteiger partial charge on any atom is 0.416 e. The van der Waals surface area contributed by atoms with Gasteiger partial charge in [0.05, 0.1) is 10.5 Å². The Morgan fingerprint density at radius 1 is 1.18 bits per heavy atom. The molecule has 1 atom stereocenters. The molecule has 1 aliphatic heterocycles. The van der Waals surface area contributed by atoms with Crippen LogP contribution in [0, 0.1) is 10.1 Å². The Morgan fingerprint density at radius 3 is 2.61 bits per heavy atom. The van der Waals surface area contributed by atoms with Crippen LogP contribution in [0.25, 0.3) is 11.4 Å². The van der Waals surface area contributed by atoms with Crippen LogP contribution in [0.1, 0.15) is 23.9 Å². The third-order valence-corrected chi connectivity index (χ3v) is 5.12. The van der Waals surface area contributed by atoms with Crippen molar-refractivity contribution in [2.75, 3.05) is 0 Å². The number of hydrogen-bond donors (Lipinski definition) is 1. The van der Waals surface area contributed by atoms with Gasteiger partial charge in [-0.2, -0.15) is 18.2 Å². The number of carbonyl (C=O) groups is 2. The summed E-state index contributed by atoms with van der Waals surface area (Å²) in [7, 11) is 0. The summed E-state index contributed by atoms with van der Waals surface area (Å²) < 4.78 is 43.8. The smallest absolute Gasteiger partial charge is 0.337 e.